The van der Waals surface area contributed by atoms with Gasteiger partial charge in [0, 0.05) is 24.4 Å². The van der Waals surface area contributed by atoms with Gasteiger partial charge in [-0.05, 0) is 44.6 Å². The van der Waals surface area contributed by atoms with E-state index < -0.39 is 0 Å². The third-order valence-electron chi connectivity index (χ3n) is 6.20. The summed E-state index contributed by atoms with van der Waals surface area (Å²) in [5, 5.41) is 8.43. The molecular formula is C17H25N3O2. The number of rotatable bonds is 4. The topological polar surface area (TPSA) is 51.4 Å². The Balaban J connectivity index is 1.21. The minimum absolute atomic E-state index is 0.293. The van der Waals surface area contributed by atoms with Crippen molar-refractivity contribution in [1.82, 2.24) is 15.1 Å². The molecule has 1 aromatic rings. The van der Waals surface area contributed by atoms with E-state index in [0.29, 0.717) is 23.9 Å². The number of aromatic nitrogens is 2. The van der Waals surface area contributed by atoms with Crippen molar-refractivity contribution in [3.63, 3.8) is 0 Å². The molecule has 0 unspecified atom stereocenters. The second-order valence-electron chi connectivity index (χ2n) is 7.68. The molecular weight excluding hydrogens is 278 g/mol. The lowest BCUT2D eigenvalue weighted by molar-refractivity contribution is 0.0529. The first-order valence-electron chi connectivity index (χ1n) is 9.05. The molecule has 5 rings (SSSR count). The van der Waals surface area contributed by atoms with Gasteiger partial charge in [-0.1, -0.05) is 6.42 Å². The van der Waals surface area contributed by atoms with E-state index in [9.17, 15) is 0 Å². The quantitative estimate of drug-likeness (QED) is 0.855. The highest BCUT2D eigenvalue weighted by Crippen LogP contribution is 2.40. The van der Waals surface area contributed by atoms with Crippen molar-refractivity contribution < 1.29 is 9.15 Å². The van der Waals surface area contributed by atoms with Crippen LogP contribution in [0, 0.1) is 11.8 Å². The number of fused-ring (bicyclic) bond motifs is 1. The van der Waals surface area contributed by atoms with E-state index in [2.05, 4.69) is 15.1 Å². The van der Waals surface area contributed by atoms with Crippen LogP contribution in [0.5, 0.6) is 0 Å². The number of hydrogen-bond donors (Lipinski definition) is 0. The summed E-state index contributed by atoms with van der Waals surface area (Å²) < 4.78 is 11.9. The molecule has 5 nitrogen and oxygen atoms in total. The Kier molecular flexibility index (Phi) is 3.25. The van der Waals surface area contributed by atoms with Gasteiger partial charge in [-0.3, -0.25) is 0 Å². The molecule has 1 aromatic heterocycles. The Hall–Kier alpha value is -0.940. The number of piperidine rings is 1. The van der Waals surface area contributed by atoms with E-state index in [1.54, 1.807) is 0 Å². The summed E-state index contributed by atoms with van der Waals surface area (Å²) in [6.45, 7) is 3.41. The van der Waals surface area contributed by atoms with Gasteiger partial charge >= 0.3 is 0 Å². The Morgan fingerprint density at radius 1 is 1.09 bits per heavy atom. The first kappa shape index (κ1) is 13.5. The van der Waals surface area contributed by atoms with Crippen molar-refractivity contribution in [2.24, 2.45) is 11.8 Å². The van der Waals surface area contributed by atoms with Gasteiger partial charge in [0.05, 0.1) is 19.1 Å². The van der Waals surface area contributed by atoms with Crippen molar-refractivity contribution in [1.29, 1.82) is 0 Å². The molecule has 3 atom stereocenters. The van der Waals surface area contributed by atoms with Gasteiger partial charge in [0.15, 0.2) is 0 Å². The van der Waals surface area contributed by atoms with Gasteiger partial charge in [0.1, 0.15) is 0 Å². The summed E-state index contributed by atoms with van der Waals surface area (Å²) in [4.78, 5) is 2.72. The summed E-state index contributed by atoms with van der Waals surface area (Å²) in [5.41, 5.74) is 0. The maximum Gasteiger partial charge on any atom is 0.219 e. The fraction of sp³-hybridized carbons (Fsp3) is 0.882. The molecule has 2 aliphatic heterocycles. The van der Waals surface area contributed by atoms with Crippen molar-refractivity contribution in [2.75, 3.05) is 19.7 Å². The number of nitrogens with zero attached hydrogens (tertiary/aromatic N) is 3. The van der Waals surface area contributed by atoms with Crippen LogP contribution in [-0.2, 0) is 11.2 Å². The van der Waals surface area contributed by atoms with Crippen LogP contribution in [0.3, 0.4) is 0 Å². The maximum absolute atomic E-state index is 6.11. The van der Waals surface area contributed by atoms with Crippen LogP contribution in [0.25, 0.3) is 0 Å². The van der Waals surface area contributed by atoms with Crippen LogP contribution in [0.2, 0.25) is 0 Å². The van der Waals surface area contributed by atoms with E-state index in [4.69, 9.17) is 9.15 Å². The molecule has 0 aromatic carbocycles. The molecule has 0 radical (unpaired) electrons. The average Bonchev–Trinajstić information content (AvgIpc) is 3.10. The zero-order chi connectivity index (χ0) is 14.5. The Labute approximate surface area is 131 Å². The fourth-order valence-corrected chi connectivity index (χ4v) is 4.43. The molecule has 2 saturated heterocycles. The number of ether oxygens (including phenoxy) is 1. The zero-order valence-electron chi connectivity index (χ0n) is 13.1. The first-order chi connectivity index (χ1) is 10.9. The van der Waals surface area contributed by atoms with Crippen LogP contribution >= 0.6 is 0 Å². The molecule has 2 saturated carbocycles. The van der Waals surface area contributed by atoms with Gasteiger partial charge in [0.2, 0.25) is 11.8 Å². The molecule has 120 valence electrons. The van der Waals surface area contributed by atoms with Crippen LogP contribution < -0.4 is 0 Å². The molecule has 0 bridgehead atoms. The largest absolute Gasteiger partial charge is 0.425 e. The summed E-state index contributed by atoms with van der Waals surface area (Å²) in [6, 6.07) is 0.872. The van der Waals surface area contributed by atoms with E-state index in [0.717, 1.165) is 30.9 Å². The van der Waals surface area contributed by atoms with E-state index in [-0.39, 0.29) is 0 Å². The number of likely N-dealkylation sites (tertiary alicyclic amines) is 1. The first-order valence-corrected chi connectivity index (χ1v) is 9.05. The van der Waals surface area contributed by atoms with Crippen LogP contribution in [0.4, 0.5) is 0 Å². The summed E-state index contributed by atoms with van der Waals surface area (Å²) in [6.07, 6.45) is 9.04. The third kappa shape index (κ3) is 2.38. The van der Waals surface area contributed by atoms with Gasteiger partial charge in [-0.2, -0.15) is 0 Å². The fourth-order valence-electron chi connectivity index (χ4n) is 4.43. The summed E-state index contributed by atoms with van der Waals surface area (Å²) in [5.74, 6) is 3.58. The summed E-state index contributed by atoms with van der Waals surface area (Å²) >= 11 is 0. The van der Waals surface area contributed by atoms with E-state index in [1.807, 2.05) is 0 Å². The standard InChI is InChI=1S/C17H25N3O2/c1-2-13(3-1)20-7-6-14-12(9-20)10-21-15(14)8-16-18-19-17(22-16)11-4-5-11/h11-15H,1-10H2/t12-,14-,15+/m1/s1. The monoisotopic (exact) mass is 303 g/mol. The predicted octanol–water partition coefficient (Wildman–Crippen LogP) is 2.38. The normalized spacial score (nSPS) is 36.3. The van der Waals surface area contributed by atoms with Gasteiger partial charge in [0.25, 0.3) is 0 Å². The Morgan fingerprint density at radius 3 is 2.77 bits per heavy atom. The molecule has 0 N–H and O–H groups in total. The average molecular weight is 303 g/mol. The highest BCUT2D eigenvalue weighted by molar-refractivity contribution is 5.02. The second kappa shape index (κ2) is 5.31. The molecule has 2 aliphatic carbocycles. The van der Waals surface area contributed by atoms with Crippen molar-refractivity contribution in [2.45, 2.75) is 63.0 Å². The van der Waals surface area contributed by atoms with Crippen molar-refractivity contribution >= 4 is 0 Å². The number of hydrogen-bond acceptors (Lipinski definition) is 5. The predicted molar refractivity (Wildman–Crippen MR) is 80.5 cm³/mol. The van der Waals surface area contributed by atoms with Crippen molar-refractivity contribution in [3.8, 4) is 0 Å². The second-order valence-corrected chi connectivity index (χ2v) is 7.68. The molecule has 4 aliphatic rings. The zero-order valence-corrected chi connectivity index (χ0v) is 13.1. The lowest BCUT2D eigenvalue weighted by Gasteiger charge is -2.43. The molecule has 0 amide bonds. The Bertz CT molecular complexity index is 538. The van der Waals surface area contributed by atoms with Gasteiger partial charge in [-0.25, -0.2) is 0 Å². The van der Waals surface area contributed by atoms with Gasteiger partial charge < -0.3 is 14.1 Å². The molecule has 0 spiro atoms. The maximum atomic E-state index is 6.11. The third-order valence-corrected chi connectivity index (χ3v) is 6.20. The van der Waals surface area contributed by atoms with E-state index >= 15 is 0 Å². The molecule has 5 heteroatoms. The highest BCUT2D eigenvalue weighted by atomic mass is 16.5. The SMILES string of the molecule is C1CC(N2CC[C@@H]3[C@@H](CO[C@H]3Cc3nnc(C4CC4)o3)C2)C1. The van der Waals surface area contributed by atoms with Gasteiger partial charge in [-0.15, -0.1) is 10.2 Å². The molecule has 3 heterocycles. The smallest absolute Gasteiger partial charge is 0.219 e. The Morgan fingerprint density at radius 2 is 2.00 bits per heavy atom. The summed E-state index contributed by atoms with van der Waals surface area (Å²) in [7, 11) is 0. The highest BCUT2D eigenvalue weighted by Gasteiger charge is 2.43. The van der Waals surface area contributed by atoms with Crippen LogP contribution in [0.15, 0.2) is 4.42 Å². The van der Waals surface area contributed by atoms with E-state index in [1.165, 1.54) is 51.6 Å². The lowest BCUT2D eigenvalue weighted by Crippen LogP contribution is -2.49. The van der Waals surface area contributed by atoms with Crippen LogP contribution in [-0.4, -0.2) is 46.9 Å². The minimum atomic E-state index is 0.293. The molecule has 4 fully saturated rings. The molecule has 22 heavy (non-hydrogen) atoms. The van der Waals surface area contributed by atoms with Crippen LogP contribution in [0.1, 0.15) is 56.2 Å². The minimum Gasteiger partial charge on any atom is -0.425 e. The lowest BCUT2D eigenvalue weighted by atomic mass is 9.81. The van der Waals surface area contributed by atoms with Crippen molar-refractivity contribution in [3.05, 3.63) is 11.8 Å².